The molecule has 4 heteroatoms. The van der Waals surface area contributed by atoms with Crippen LogP contribution in [0.4, 0.5) is 5.82 Å². The first kappa shape index (κ1) is 15.2. The van der Waals surface area contributed by atoms with Crippen molar-refractivity contribution in [2.24, 2.45) is 0 Å². The number of nitrogens with zero attached hydrogens (tertiary/aromatic N) is 4. The smallest absolute Gasteiger partial charge is 0.151 e. The van der Waals surface area contributed by atoms with Gasteiger partial charge in [-0.3, -0.25) is 0 Å². The molecule has 0 spiro atoms. The first-order valence-electron chi connectivity index (χ1n) is 8.62. The van der Waals surface area contributed by atoms with Gasteiger partial charge in [-0.25, -0.2) is 0 Å². The molecule has 2 unspecified atom stereocenters. The molecule has 1 aromatic carbocycles. The SMILES string of the molecule is C[N+]1(C)C2CCC1CN(c1ccc(C#Cc3ccccc3)nn1)C2. The van der Waals surface area contributed by atoms with Gasteiger partial charge in [0.15, 0.2) is 5.82 Å². The second-order valence-electron chi connectivity index (χ2n) is 7.31. The molecule has 0 saturated carbocycles. The lowest BCUT2D eigenvalue weighted by Crippen LogP contribution is -2.62. The van der Waals surface area contributed by atoms with E-state index in [1.807, 2.05) is 36.4 Å². The van der Waals surface area contributed by atoms with Gasteiger partial charge in [-0.15, -0.1) is 10.2 Å². The zero-order chi connectivity index (χ0) is 16.6. The lowest BCUT2D eigenvalue weighted by molar-refractivity contribution is -0.925. The van der Waals surface area contributed by atoms with Crippen molar-refractivity contribution in [3.8, 4) is 11.8 Å². The molecule has 4 nitrogen and oxygen atoms in total. The average Bonchev–Trinajstić information content (AvgIpc) is 2.80. The van der Waals surface area contributed by atoms with Crippen molar-refractivity contribution in [1.82, 2.24) is 10.2 Å². The molecule has 1 aromatic heterocycles. The van der Waals surface area contributed by atoms with Crippen LogP contribution < -0.4 is 4.90 Å². The summed E-state index contributed by atoms with van der Waals surface area (Å²) in [5.41, 5.74) is 1.72. The molecule has 4 rings (SSSR count). The fourth-order valence-corrected chi connectivity index (χ4v) is 3.94. The Kier molecular flexibility index (Phi) is 3.74. The van der Waals surface area contributed by atoms with E-state index in [-0.39, 0.29) is 0 Å². The molecule has 2 aliphatic rings. The lowest BCUT2D eigenvalue weighted by atomic mass is 10.1. The van der Waals surface area contributed by atoms with Crippen LogP contribution in [0.5, 0.6) is 0 Å². The molecule has 24 heavy (non-hydrogen) atoms. The van der Waals surface area contributed by atoms with E-state index in [9.17, 15) is 0 Å². The minimum Gasteiger partial charge on any atom is -0.343 e. The highest BCUT2D eigenvalue weighted by Gasteiger charge is 2.48. The summed E-state index contributed by atoms with van der Waals surface area (Å²) >= 11 is 0. The Morgan fingerprint density at radius 1 is 0.917 bits per heavy atom. The van der Waals surface area contributed by atoms with Crippen molar-refractivity contribution in [2.75, 3.05) is 32.1 Å². The number of anilines is 1. The van der Waals surface area contributed by atoms with E-state index in [0.717, 1.165) is 34.6 Å². The van der Waals surface area contributed by atoms with E-state index < -0.39 is 0 Å². The number of aromatic nitrogens is 2. The van der Waals surface area contributed by atoms with E-state index in [4.69, 9.17) is 0 Å². The maximum Gasteiger partial charge on any atom is 0.151 e. The minimum atomic E-state index is 0.711. The number of benzene rings is 1. The Morgan fingerprint density at radius 3 is 2.25 bits per heavy atom. The van der Waals surface area contributed by atoms with Crippen LogP contribution in [0.15, 0.2) is 42.5 Å². The molecular weight excluding hydrogens is 296 g/mol. The maximum absolute atomic E-state index is 4.43. The van der Waals surface area contributed by atoms with E-state index >= 15 is 0 Å². The Morgan fingerprint density at radius 2 is 1.62 bits per heavy atom. The highest BCUT2D eigenvalue weighted by Crippen LogP contribution is 2.35. The highest BCUT2D eigenvalue weighted by molar-refractivity contribution is 5.43. The van der Waals surface area contributed by atoms with Crippen LogP contribution >= 0.6 is 0 Å². The first-order valence-corrected chi connectivity index (χ1v) is 8.62. The molecule has 2 bridgehead atoms. The normalized spacial score (nSPS) is 24.3. The van der Waals surface area contributed by atoms with Crippen molar-refractivity contribution < 1.29 is 4.48 Å². The van der Waals surface area contributed by atoms with Crippen LogP contribution in [0, 0.1) is 11.8 Å². The summed E-state index contributed by atoms with van der Waals surface area (Å²) in [7, 11) is 4.74. The van der Waals surface area contributed by atoms with Crippen LogP contribution in [0.2, 0.25) is 0 Å². The summed E-state index contributed by atoms with van der Waals surface area (Å²) in [6.07, 6.45) is 2.64. The van der Waals surface area contributed by atoms with E-state index in [0.29, 0.717) is 12.1 Å². The van der Waals surface area contributed by atoms with Gasteiger partial charge in [-0.05, 0) is 30.2 Å². The summed E-state index contributed by atoms with van der Waals surface area (Å²) in [6.45, 7) is 2.15. The van der Waals surface area contributed by atoms with Gasteiger partial charge in [0.2, 0.25) is 0 Å². The van der Waals surface area contributed by atoms with Gasteiger partial charge in [-0.1, -0.05) is 24.1 Å². The van der Waals surface area contributed by atoms with Crippen molar-refractivity contribution in [3.05, 3.63) is 53.7 Å². The fourth-order valence-electron chi connectivity index (χ4n) is 3.94. The van der Waals surface area contributed by atoms with Crippen LogP contribution in [0.3, 0.4) is 0 Å². The molecule has 3 heterocycles. The number of hydrogen-bond donors (Lipinski definition) is 0. The van der Waals surface area contributed by atoms with E-state index in [2.05, 4.69) is 47.1 Å². The number of quaternary nitrogens is 1. The summed E-state index contributed by atoms with van der Waals surface area (Å²) in [5, 5.41) is 8.73. The quantitative estimate of drug-likeness (QED) is 0.597. The third-order valence-corrected chi connectivity index (χ3v) is 5.66. The van der Waals surface area contributed by atoms with Gasteiger partial charge in [0.25, 0.3) is 0 Å². The zero-order valence-corrected chi connectivity index (χ0v) is 14.3. The van der Waals surface area contributed by atoms with Gasteiger partial charge < -0.3 is 9.38 Å². The monoisotopic (exact) mass is 319 g/mol. The summed E-state index contributed by atoms with van der Waals surface area (Å²) in [6, 6.07) is 15.4. The number of fused-ring (bicyclic) bond motifs is 2. The predicted octanol–water partition coefficient (Wildman–Crippen LogP) is 2.30. The van der Waals surface area contributed by atoms with Gasteiger partial charge >= 0.3 is 0 Å². The maximum atomic E-state index is 4.43. The Bertz CT molecular complexity index is 755. The van der Waals surface area contributed by atoms with Gasteiger partial charge in [0.05, 0.1) is 27.2 Å². The largest absolute Gasteiger partial charge is 0.343 e. The van der Waals surface area contributed by atoms with Gasteiger partial charge in [0, 0.05) is 18.4 Å². The molecule has 0 N–H and O–H groups in total. The Labute approximate surface area is 143 Å². The van der Waals surface area contributed by atoms with Crippen LogP contribution in [0.25, 0.3) is 0 Å². The van der Waals surface area contributed by atoms with Crippen LogP contribution in [-0.2, 0) is 0 Å². The van der Waals surface area contributed by atoms with Crippen molar-refractivity contribution in [3.63, 3.8) is 0 Å². The number of hydrogen-bond acceptors (Lipinski definition) is 3. The fraction of sp³-hybridized carbons (Fsp3) is 0.400. The minimum absolute atomic E-state index is 0.711. The van der Waals surface area contributed by atoms with E-state index in [1.54, 1.807) is 0 Å². The summed E-state index contributed by atoms with van der Waals surface area (Å²) in [5.74, 6) is 7.20. The van der Waals surface area contributed by atoms with E-state index in [1.165, 1.54) is 12.8 Å². The second kappa shape index (κ2) is 5.92. The van der Waals surface area contributed by atoms with Crippen molar-refractivity contribution >= 4 is 5.82 Å². The molecular formula is C20H23N4+. The summed E-state index contributed by atoms with van der Waals surface area (Å²) < 4.78 is 1.16. The summed E-state index contributed by atoms with van der Waals surface area (Å²) in [4.78, 5) is 2.40. The molecule has 0 amide bonds. The molecule has 2 fully saturated rings. The topological polar surface area (TPSA) is 29.0 Å². The molecule has 2 atom stereocenters. The number of likely N-dealkylation sites (N-methyl/N-ethyl adjacent to an activating group) is 1. The molecule has 2 aliphatic heterocycles. The molecule has 0 radical (unpaired) electrons. The standard InChI is InChI=1S/C20H23N4/c1-24(2)18-11-12-19(24)15-23(14-18)20-13-10-17(21-22-20)9-8-16-6-4-3-5-7-16/h3-7,10,13,18-19H,11-12,14-15H2,1-2H3/q+1. The number of piperazine rings is 1. The van der Waals surface area contributed by atoms with Crippen LogP contribution in [-0.4, -0.2) is 53.9 Å². The van der Waals surface area contributed by atoms with Gasteiger partial charge in [0.1, 0.15) is 17.8 Å². The van der Waals surface area contributed by atoms with Crippen LogP contribution in [0.1, 0.15) is 24.1 Å². The zero-order valence-electron chi connectivity index (χ0n) is 14.3. The molecule has 0 aliphatic carbocycles. The molecule has 2 saturated heterocycles. The third kappa shape index (κ3) is 2.76. The highest BCUT2D eigenvalue weighted by atomic mass is 15.4. The van der Waals surface area contributed by atoms with Gasteiger partial charge in [-0.2, -0.15) is 0 Å². The first-order chi connectivity index (χ1) is 11.6. The Hall–Kier alpha value is -2.38. The number of rotatable bonds is 1. The molecule has 122 valence electrons. The predicted molar refractivity (Wildman–Crippen MR) is 95.6 cm³/mol. The Balaban J connectivity index is 1.48. The van der Waals surface area contributed by atoms with Crippen molar-refractivity contribution in [2.45, 2.75) is 24.9 Å². The third-order valence-electron chi connectivity index (χ3n) is 5.66. The second-order valence-corrected chi connectivity index (χ2v) is 7.31. The van der Waals surface area contributed by atoms with Crippen molar-refractivity contribution in [1.29, 1.82) is 0 Å². The average molecular weight is 319 g/mol. The lowest BCUT2D eigenvalue weighted by Gasteiger charge is -2.45. The molecule has 2 aromatic rings.